The molecule has 0 spiro atoms. The largest absolute Gasteiger partial charge is 0.469 e. The van der Waals surface area contributed by atoms with Gasteiger partial charge in [-0.2, -0.15) is 0 Å². The van der Waals surface area contributed by atoms with Crippen molar-refractivity contribution in [2.24, 2.45) is 0 Å². The van der Waals surface area contributed by atoms with Gasteiger partial charge in [0.1, 0.15) is 0 Å². The van der Waals surface area contributed by atoms with Crippen molar-refractivity contribution in [3.05, 3.63) is 18.6 Å². The molecule has 1 radical (unpaired) electrons. The van der Waals surface area contributed by atoms with Crippen molar-refractivity contribution in [1.29, 1.82) is 0 Å². The van der Waals surface area contributed by atoms with E-state index in [0.29, 0.717) is 6.42 Å². The van der Waals surface area contributed by atoms with Crippen LogP contribution in [-0.2, 0) is 9.53 Å². The summed E-state index contributed by atoms with van der Waals surface area (Å²) in [6.07, 6.45) is 22.5. The van der Waals surface area contributed by atoms with Gasteiger partial charge in [0.2, 0.25) is 0 Å². The van der Waals surface area contributed by atoms with Gasteiger partial charge in [0, 0.05) is 6.42 Å². The monoisotopic (exact) mass is 295 g/mol. The van der Waals surface area contributed by atoms with Gasteiger partial charge in [-0.05, 0) is 38.5 Å². The van der Waals surface area contributed by atoms with Crippen LogP contribution in [0.1, 0.15) is 90.4 Å². The minimum Gasteiger partial charge on any atom is -0.469 e. The van der Waals surface area contributed by atoms with E-state index in [1.54, 1.807) is 0 Å². The van der Waals surface area contributed by atoms with Gasteiger partial charge in [-0.25, -0.2) is 0 Å². The minimum atomic E-state index is -0.0797. The van der Waals surface area contributed by atoms with Crippen LogP contribution < -0.4 is 0 Å². The lowest BCUT2D eigenvalue weighted by Crippen LogP contribution is -1.98. The van der Waals surface area contributed by atoms with Gasteiger partial charge in [-0.1, -0.05) is 64.0 Å². The summed E-state index contributed by atoms with van der Waals surface area (Å²) in [5.41, 5.74) is 0. The van der Waals surface area contributed by atoms with E-state index in [-0.39, 0.29) is 5.97 Å². The van der Waals surface area contributed by atoms with Crippen molar-refractivity contribution in [3.8, 4) is 0 Å². The van der Waals surface area contributed by atoms with Crippen LogP contribution in [0.25, 0.3) is 0 Å². The van der Waals surface area contributed by atoms with Gasteiger partial charge in [0.15, 0.2) is 0 Å². The number of ether oxygens (including phenoxy) is 1. The molecule has 2 nitrogen and oxygen atoms in total. The first-order chi connectivity index (χ1) is 10.3. The van der Waals surface area contributed by atoms with Crippen LogP contribution in [0.15, 0.2) is 12.2 Å². The molecule has 123 valence electrons. The predicted octanol–water partition coefficient (Wildman–Crippen LogP) is 6.01. The van der Waals surface area contributed by atoms with Crippen LogP contribution in [0.4, 0.5) is 0 Å². The van der Waals surface area contributed by atoms with Crippen molar-refractivity contribution in [2.75, 3.05) is 7.11 Å². The normalized spacial score (nSPS) is 11.1. The lowest BCUT2D eigenvalue weighted by molar-refractivity contribution is -0.140. The highest BCUT2D eigenvalue weighted by Gasteiger charge is 1.98. The highest BCUT2D eigenvalue weighted by atomic mass is 16.5. The van der Waals surface area contributed by atoms with Gasteiger partial charge in [0.25, 0.3) is 0 Å². The molecule has 0 amide bonds. The summed E-state index contributed by atoms with van der Waals surface area (Å²) in [5.74, 6) is -0.0797. The maximum Gasteiger partial charge on any atom is 0.305 e. The molecule has 0 N–H and O–H groups in total. The molecule has 0 rings (SSSR count). The number of carbonyl (C=O) groups excluding carboxylic acids is 1. The van der Waals surface area contributed by atoms with Gasteiger partial charge in [0.05, 0.1) is 7.11 Å². The summed E-state index contributed by atoms with van der Waals surface area (Å²) in [6.45, 7) is 2.26. The second kappa shape index (κ2) is 17.3. The Kier molecular flexibility index (Phi) is 16.6. The smallest absolute Gasteiger partial charge is 0.305 e. The molecule has 0 unspecified atom stereocenters. The van der Waals surface area contributed by atoms with Crippen molar-refractivity contribution in [2.45, 2.75) is 90.4 Å². The van der Waals surface area contributed by atoms with Gasteiger partial charge < -0.3 is 4.74 Å². The van der Waals surface area contributed by atoms with Crippen molar-refractivity contribution in [3.63, 3.8) is 0 Å². The SMILES string of the molecule is CCCCCC[CH]CC=CCCCCCCCC(=O)OC. The molecule has 0 heterocycles. The molecule has 0 aromatic carbocycles. The molecule has 0 saturated heterocycles. The Morgan fingerprint density at radius 1 is 0.857 bits per heavy atom. The summed E-state index contributed by atoms with van der Waals surface area (Å²) in [4.78, 5) is 10.9. The molecule has 0 aliphatic carbocycles. The Labute approximate surface area is 132 Å². The second-order valence-corrected chi connectivity index (χ2v) is 5.73. The van der Waals surface area contributed by atoms with E-state index in [1.807, 2.05) is 0 Å². The fourth-order valence-electron chi connectivity index (χ4n) is 2.31. The van der Waals surface area contributed by atoms with E-state index >= 15 is 0 Å². The number of unbranched alkanes of at least 4 members (excludes halogenated alkanes) is 11. The molecule has 2 heteroatoms. The lowest BCUT2D eigenvalue weighted by atomic mass is 10.1. The van der Waals surface area contributed by atoms with E-state index < -0.39 is 0 Å². The first-order valence-corrected chi connectivity index (χ1v) is 8.84. The van der Waals surface area contributed by atoms with E-state index in [2.05, 4.69) is 30.2 Å². The van der Waals surface area contributed by atoms with E-state index in [4.69, 9.17) is 0 Å². The molecule has 0 aromatic rings. The van der Waals surface area contributed by atoms with Gasteiger partial charge in [-0.3, -0.25) is 4.79 Å². The van der Waals surface area contributed by atoms with Crippen LogP contribution in [0.5, 0.6) is 0 Å². The molecule has 0 atom stereocenters. The van der Waals surface area contributed by atoms with Gasteiger partial charge in [-0.15, -0.1) is 0 Å². The Morgan fingerprint density at radius 3 is 2.29 bits per heavy atom. The van der Waals surface area contributed by atoms with Crippen LogP contribution >= 0.6 is 0 Å². The van der Waals surface area contributed by atoms with Gasteiger partial charge >= 0.3 is 5.97 Å². The molecule has 0 aliphatic heterocycles. The third-order valence-electron chi connectivity index (χ3n) is 3.71. The maximum absolute atomic E-state index is 10.9. The zero-order valence-corrected chi connectivity index (χ0v) is 14.2. The molecule has 0 fully saturated rings. The molecular weight excluding hydrogens is 260 g/mol. The summed E-state index contributed by atoms with van der Waals surface area (Å²) in [5, 5.41) is 0. The molecule has 0 aromatic heterocycles. The highest BCUT2D eigenvalue weighted by Crippen LogP contribution is 2.09. The molecule has 0 saturated carbocycles. The zero-order valence-electron chi connectivity index (χ0n) is 14.2. The Morgan fingerprint density at radius 2 is 1.52 bits per heavy atom. The molecule has 21 heavy (non-hydrogen) atoms. The Bertz CT molecular complexity index is 246. The zero-order chi connectivity index (χ0) is 15.6. The lowest BCUT2D eigenvalue weighted by Gasteiger charge is -2.00. The number of hydrogen-bond donors (Lipinski definition) is 0. The summed E-state index contributed by atoms with van der Waals surface area (Å²) < 4.78 is 4.62. The molecular formula is C19H35O2. The fourth-order valence-corrected chi connectivity index (χ4v) is 2.31. The molecule has 0 bridgehead atoms. The van der Waals surface area contributed by atoms with Crippen molar-refractivity contribution in [1.82, 2.24) is 0 Å². The standard InChI is InChI=1S/C19H35O2/c1-3-4-5-6-7-8-9-10-11-12-13-14-15-16-17-18-19(20)21-2/h8,10-11H,3-7,9,12-18H2,1-2H3. The topological polar surface area (TPSA) is 26.3 Å². The third-order valence-corrected chi connectivity index (χ3v) is 3.71. The summed E-state index contributed by atoms with van der Waals surface area (Å²) in [7, 11) is 1.46. The number of carbonyl (C=O) groups is 1. The number of methoxy groups -OCH3 is 1. The number of hydrogen-bond acceptors (Lipinski definition) is 2. The van der Waals surface area contributed by atoms with E-state index in [1.165, 1.54) is 64.9 Å². The highest BCUT2D eigenvalue weighted by molar-refractivity contribution is 5.68. The quantitative estimate of drug-likeness (QED) is 0.210. The number of rotatable bonds is 15. The fraction of sp³-hybridized carbons (Fsp3) is 0.789. The van der Waals surface area contributed by atoms with Crippen LogP contribution in [0.3, 0.4) is 0 Å². The average Bonchev–Trinajstić information content (AvgIpc) is 2.50. The predicted molar refractivity (Wildman–Crippen MR) is 91.2 cm³/mol. The van der Waals surface area contributed by atoms with Crippen LogP contribution in [0, 0.1) is 6.42 Å². The summed E-state index contributed by atoms with van der Waals surface area (Å²) >= 11 is 0. The van der Waals surface area contributed by atoms with Crippen molar-refractivity contribution < 1.29 is 9.53 Å². The first kappa shape index (κ1) is 20.2. The first-order valence-electron chi connectivity index (χ1n) is 8.84. The average molecular weight is 295 g/mol. The maximum atomic E-state index is 10.9. The van der Waals surface area contributed by atoms with Crippen LogP contribution in [0.2, 0.25) is 0 Å². The second-order valence-electron chi connectivity index (χ2n) is 5.73. The molecule has 0 aliphatic rings. The Balaban J connectivity index is 3.10. The minimum absolute atomic E-state index is 0.0797. The summed E-state index contributed by atoms with van der Waals surface area (Å²) in [6, 6.07) is 0. The number of allylic oxidation sites excluding steroid dienone is 2. The van der Waals surface area contributed by atoms with Crippen LogP contribution in [-0.4, -0.2) is 13.1 Å². The Hall–Kier alpha value is -0.790. The third kappa shape index (κ3) is 17.2. The van der Waals surface area contributed by atoms with Crippen molar-refractivity contribution >= 4 is 5.97 Å². The van der Waals surface area contributed by atoms with E-state index in [9.17, 15) is 4.79 Å². The van der Waals surface area contributed by atoms with E-state index in [0.717, 1.165) is 19.3 Å². The number of esters is 1.